The predicted molar refractivity (Wildman–Crippen MR) is 50.6 cm³/mol. The topological polar surface area (TPSA) is 38.0 Å². The monoisotopic (exact) mass is 180 g/mol. The Bertz CT molecular complexity index is 306. The van der Waals surface area contributed by atoms with Gasteiger partial charge in [-0.3, -0.25) is 4.68 Å². The Morgan fingerprint density at radius 2 is 2.23 bits per heavy atom. The van der Waals surface area contributed by atoms with Crippen LogP contribution in [0.15, 0.2) is 6.07 Å². The molecule has 1 saturated carbocycles. The van der Waals surface area contributed by atoms with Gasteiger partial charge in [-0.15, -0.1) is 0 Å². The van der Waals surface area contributed by atoms with E-state index >= 15 is 0 Å². The molecule has 1 heterocycles. The Labute approximate surface area is 78.4 Å². The summed E-state index contributed by atoms with van der Waals surface area (Å²) in [6.07, 6.45) is 2.90. The third-order valence-electron chi connectivity index (χ3n) is 2.80. The fraction of sp³-hybridized carbons (Fsp3) is 0.700. The highest BCUT2D eigenvalue weighted by Gasteiger charge is 2.28. The molecule has 2 atom stereocenters. The van der Waals surface area contributed by atoms with Gasteiger partial charge in [0.05, 0.1) is 17.8 Å². The first-order chi connectivity index (χ1) is 6.18. The summed E-state index contributed by atoms with van der Waals surface area (Å²) in [6, 6.07) is 2.28. The number of rotatable bonds is 1. The molecule has 0 spiro atoms. The highest BCUT2D eigenvalue weighted by Crippen LogP contribution is 2.30. The van der Waals surface area contributed by atoms with E-state index in [1.165, 1.54) is 0 Å². The molecule has 13 heavy (non-hydrogen) atoms. The van der Waals surface area contributed by atoms with Crippen LogP contribution in [-0.2, 0) is 0 Å². The molecule has 1 aliphatic carbocycles. The number of aliphatic hydroxyl groups excluding tert-OH is 1. The highest BCUT2D eigenvalue weighted by molar-refractivity contribution is 5.08. The van der Waals surface area contributed by atoms with Gasteiger partial charge >= 0.3 is 0 Å². The average Bonchev–Trinajstić information content (AvgIpc) is 2.58. The first kappa shape index (κ1) is 8.75. The van der Waals surface area contributed by atoms with E-state index in [4.69, 9.17) is 0 Å². The van der Waals surface area contributed by atoms with E-state index < -0.39 is 0 Å². The normalized spacial score (nSPS) is 28.2. The van der Waals surface area contributed by atoms with E-state index in [1.54, 1.807) is 0 Å². The molecule has 1 fully saturated rings. The lowest BCUT2D eigenvalue weighted by atomic mass is 10.2. The lowest BCUT2D eigenvalue weighted by Gasteiger charge is -2.16. The molecule has 0 aromatic carbocycles. The molecule has 72 valence electrons. The molecule has 0 radical (unpaired) electrons. The summed E-state index contributed by atoms with van der Waals surface area (Å²) >= 11 is 0. The van der Waals surface area contributed by atoms with E-state index in [1.807, 2.05) is 18.5 Å². The second-order valence-corrected chi connectivity index (χ2v) is 3.94. The third kappa shape index (κ3) is 1.48. The highest BCUT2D eigenvalue weighted by atomic mass is 16.3. The van der Waals surface area contributed by atoms with Crippen molar-refractivity contribution in [3.63, 3.8) is 0 Å². The minimum Gasteiger partial charge on any atom is -0.391 e. The minimum absolute atomic E-state index is 0.196. The van der Waals surface area contributed by atoms with Gasteiger partial charge in [0.25, 0.3) is 0 Å². The Morgan fingerprint density at radius 3 is 2.69 bits per heavy atom. The summed E-state index contributed by atoms with van der Waals surface area (Å²) in [7, 11) is 0. The van der Waals surface area contributed by atoms with Gasteiger partial charge in [0.1, 0.15) is 0 Å². The molecule has 1 aliphatic rings. The lowest BCUT2D eigenvalue weighted by Crippen LogP contribution is -2.20. The van der Waals surface area contributed by atoms with Gasteiger partial charge in [-0.25, -0.2) is 0 Å². The number of aryl methyl sites for hydroxylation is 2. The number of hydrogen-bond acceptors (Lipinski definition) is 2. The molecule has 0 bridgehead atoms. The Kier molecular flexibility index (Phi) is 2.12. The summed E-state index contributed by atoms with van der Waals surface area (Å²) in [5.41, 5.74) is 2.19. The zero-order valence-electron chi connectivity index (χ0n) is 8.20. The van der Waals surface area contributed by atoms with Gasteiger partial charge < -0.3 is 5.11 Å². The van der Waals surface area contributed by atoms with Crippen molar-refractivity contribution in [1.29, 1.82) is 0 Å². The van der Waals surface area contributed by atoms with Crippen molar-refractivity contribution < 1.29 is 5.11 Å². The van der Waals surface area contributed by atoms with Crippen LogP contribution in [0, 0.1) is 13.8 Å². The van der Waals surface area contributed by atoms with Gasteiger partial charge in [0.2, 0.25) is 0 Å². The molecular weight excluding hydrogens is 164 g/mol. The molecular formula is C10H16N2O. The molecule has 1 N–H and O–H groups in total. The molecule has 2 unspecified atom stereocenters. The summed E-state index contributed by atoms with van der Waals surface area (Å²) in [6.45, 7) is 4.04. The fourth-order valence-electron chi connectivity index (χ4n) is 2.19. The zero-order valence-corrected chi connectivity index (χ0v) is 8.20. The molecule has 2 rings (SSSR count). The van der Waals surface area contributed by atoms with E-state index in [0.29, 0.717) is 0 Å². The van der Waals surface area contributed by atoms with Gasteiger partial charge in [0, 0.05) is 5.69 Å². The van der Waals surface area contributed by atoms with Crippen molar-refractivity contribution in [1.82, 2.24) is 9.78 Å². The SMILES string of the molecule is Cc1cc(C)n(C2CCCC2O)n1. The van der Waals surface area contributed by atoms with Crippen LogP contribution in [0.5, 0.6) is 0 Å². The lowest BCUT2D eigenvalue weighted by molar-refractivity contribution is 0.129. The molecule has 1 aromatic rings. The van der Waals surface area contributed by atoms with Crippen molar-refractivity contribution in [2.75, 3.05) is 0 Å². The second kappa shape index (κ2) is 3.14. The summed E-state index contributed by atoms with van der Waals surface area (Å²) in [5, 5.41) is 14.1. The number of aromatic nitrogens is 2. The zero-order chi connectivity index (χ0) is 9.42. The number of hydrogen-bond donors (Lipinski definition) is 1. The molecule has 3 nitrogen and oxygen atoms in total. The van der Waals surface area contributed by atoms with Crippen LogP contribution < -0.4 is 0 Å². The van der Waals surface area contributed by atoms with Crippen molar-refractivity contribution in [3.05, 3.63) is 17.5 Å². The van der Waals surface area contributed by atoms with Crippen LogP contribution in [0.25, 0.3) is 0 Å². The van der Waals surface area contributed by atoms with E-state index in [-0.39, 0.29) is 12.1 Å². The van der Waals surface area contributed by atoms with Crippen LogP contribution in [0.2, 0.25) is 0 Å². The Morgan fingerprint density at radius 1 is 1.46 bits per heavy atom. The summed E-state index contributed by atoms with van der Waals surface area (Å²) in [5.74, 6) is 0. The van der Waals surface area contributed by atoms with E-state index in [0.717, 1.165) is 30.7 Å². The molecule has 1 aromatic heterocycles. The van der Waals surface area contributed by atoms with Crippen LogP contribution in [0.1, 0.15) is 36.7 Å². The molecule has 0 saturated heterocycles. The second-order valence-electron chi connectivity index (χ2n) is 3.94. The maximum Gasteiger partial charge on any atom is 0.0781 e. The van der Waals surface area contributed by atoms with Gasteiger partial charge in [0.15, 0.2) is 0 Å². The third-order valence-corrected chi connectivity index (χ3v) is 2.80. The summed E-state index contributed by atoms with van der Waals surface area (Å²) in [4.78, 5) is 0. The fourth-order valence-corrected chi connectivity index (χ4v) is 2.19. The van der Waals surface area contributed by atoms with Crippen LogP contribution in [0.3, 0.4) is 0 Å². The van der Waals surface area contributed by atoms with E-state index in [9.17, 15) is 5.11 Å². The predicted octanol–water partition coefficient (Wildman–Crippen LogP) is 1.59. The molecule has 0 amide bonds. The summed E-state index contributed by atoms with van der Waals surface area (Å²) < 4.78 is 1.98. The van der Waals surface area contributed by atoms with E-state index in [2.05, 4.69) is 11.2 Å². The van der Waals surface area contributed by atoms with Crippen molar-refractivity contribution in [2.45, 2.75) is 45.3 Å². The first-order valence-corrected chi connectivity index (χ1v) is 4.89. The molecule has 3 heteroatoms. The Hall–Kier alpha value is -0.830. The number of aliphatic hydroxyl groups is 1. The minimum atomic E-state index is -0.196. The average molecular weight is 180 g/mol. The van der Waals surface area contributed by atoms with Crippen LogP contribution >= 0.6 is 0 Å². The standard InChI is InChI=1S/C10H16N2O/c1-7-6-8(2)12(11-7)9-4-3-5-10(9)13/h6,9-10,13H,3-5H2,1-2H3. The van der Waals surface area contributed by atoms with Gasteiger partial charge in [-0.1, -0.05) is 0 Å². The smallest absolute Gasteiger partial charge is 0.0781 e. The molecule has 0 aliphatic heterocycles. The first-order valence-electron chi connectivity index (χ1n) is 4.89. The van der Waals surface area contributed by atoms with Crippen LogP contribution in [-0.4, -0.2) is 21.0 Å². The van der Waals surface area contributed by atoms with Gasteiger partial charge in [-0.05, 0) is 39.2 Å². The van der Waals surface area contributed by atoms with Crippen molar-refractivity contribution in [3.8, 4) is 0 Å². The van der Waals surface area contributed by atoms with Crippen LogP contribution in [0.4, 0.5) is 0 Å². The largest absolute Gasteiger partial charge is 0.391 e. The maximum absolute atomic E-state index is 9.72. The van der Waals surface area contributed by atoms with Crippen molar-refractivity contribution >= 4 is 0 Å². The Balaban J connectivity index is 2.28. The van der Waals surface area contributed by atoms with Crippen molar-refractivity contribution in [2.24, 2.45) is 0 Å². The quantitative estimate of drug-likeness (QED) is 0.712. The number of nitrogens with zero attached hydrogens (tertiary/aromatic N) is 2. The van der Waals surface area contributed by atoms with Gasteiger partial charge in [-0.2, -0.15) is 5.10 Å². The maximum atomic E-state index is 9.72.